The molecule has 0 radical (unpaired) electrons. The van der Waals surface area contributed by atoms with Crippen molar-refractivity contribution in [1.29, 1.82) is 0 Å². The number of para-hydroxylation sites is 1. The number of hydrogen-bond donors (Lipinski definition) is 1. The number of benzene rings is 2. The lowest BCUT2D eigenvalue weighted by molar-refractivity contribution is -0.143. The van der Waals surface area contributed by atoms with Crippen molar-refractivity contribution in [3.05, 3.63) is 70.8 Å². The topological polar surface area (TPSA) is 49.4 Å². The molecule has 35 heavy (non-hydrogen) atoms. The first-order valence-electron chi connectivity index (χ1n) is 10.7. The Morgan fingerprint density at radius 2 is 1.54 bits per heavy atom. The molecule has 0 saturated carbocycles. The molecule has 1 unspecified atom stereocenters. The van der Waals surface area contributed by atoms with Gasteiger partial charge in [-0.1, -0.05) is 23.8 Å². The Morgan fingerprint density at radius 1 is 1.03 bits per heavy atom. The molecule has 0 spiro atoms. The third kappa shape index (κ3) is 5.52. The van der Waals surface area contributed by atoms with Crippen molar-refractivity contribution >= 4 is 23.2 Å². The Kier molecular flexibility index (Phi) is 6.80. The first kappa shape index (κ1) is 26.3. The summed E-state index contributed by atoms with van der Waals surface area (Å²) in [6, 6.07) is 6.30. The second kappa shape index (κ2) is 9.05. The molecule has 1 atom stereocenters. The van der Waals surface area contributed by atoms with Gasteiger partial charge in [0.05, 0.1) is 16.5 Å². The van der Waals surface area contributed by atoms with E-state index in [1.807, 2.05) is 6.07 Å². The van der Waals surface area contributed by atoms with Crippen molar-refractivity contribution in [3.8, 4) is 0 Å². The maximum Gasteiger partial charge on any atom is 0.416 e. The molecular formula is C25H24F6N2O2. The zero-order valence-electron chi connectivity index (χ0n) is 19.3. The monoisotopic (exact) mass is 498 g/mol. The normalized spacial score (nSPS) is 18.7. The number of halogens is 6. The van der Waals surface area contributed by atoms with Crippen LogP contribution in [0.25, 0.3) is 0 Å². The van der Waals surface area contributed by atoms with E-state index in [-0.39, 0.29) is 31.4 Å². The summed E-state index contributed by atoms with van der Waals surface area (Å²) in [6.45, 7) is 8.94. The number of nitrogens with zero attached hydrogens (tertiary/aromatic N) is 1. The van der Waals surface area contributed by atoms with Crippen LogP contribution in [0.15, 0.2) is 48.6 Å². The highest BCUT2D eigenvalue weighted by Crippen LogP contribution is 2.43. The van der Waals surface area contributed by atoms with Gasteiger partial charge in [-0.3, -0.25) is 9.59 Å². The molecule has 1 aliphatic heterocycles. The number of rotatable bonds is 5. The number of hydrogen-bond acceptors (Lipinski definition) is 2. The molecule has 2 aromatic carbocycles. The quantitative estimate of drug-likeness (QED) is 0.370. The lowest BCUT2D eigenvalue weighted by Crippen LogP contribution is -2.39. The van der Waals surface area contributed by atoms with Crippen LogP contribution in [-0.2, 0) is 21.9 Å². The minimum Gasteiger partial charge on any atom is -0.325 e. The SMILES string of the molecule is C=C(C)CC1(C(=O)Nc2cc(C(F)(F)F)cc(C(F)(F)F)c2)CC(=O)N(c2c(C)cccc2C)C1. The van der Waals surface area contributed by atoms with E-state index in [1.165, 1.54) is 4.90 Å². The molecule has 10 heteroatoms. The Hall–Kier alpha value is -3.30. The van der Waals surface area contributed by atoms with Gasteiger partial charge in [0.25, 0.3) is 0 Å². The summed E-state index contributed by atoms with van der Waals surface area (Å²) in [6.07, 6.45) is -10.4. The van der Waals surface area contributed by atoms with Gasteiger partial charge in [0.2, 0.25) is 11.8 Å². The Labute approximate surface area is 198 Å². The van der Waals surface area contributed by atoms with Crippen molar-refractivity contribution in [2.75, 3.05) is 16.8 Å². The van der Waals surface area contributed by atoms with E-state index >= 15 is 0 Å². The van der Waals surface area contributed by atoms with Crippen LogP contribution in [0.1, 0.15) is 42.0 Å². The number of carbonyl (C=O) groups is 2. The molecule has 3 rings (SSSR count). The van der Waals surface area contributed by atoms with Crippen LogP contribution in [-0.4, -0.2) is 18.4 Å². The first-order valence-corrected chi connectivity index (χ1v) is 10.7. The number of aryl methyl sites for hydroxylation is 2. The molecule has 2 aromatic rings. The van der Waals surface area contributed by atoms with Crippen LogP contribution in [0, 0.1) is 19.3 Å². The van der Waals surface area contributed by atoms with Gasteiger partial charge >= 0.3 is 12.4 Å². The Morgan fingerprint density at radius 3 is 2.00 bits per heavy atom. The van der Waals surface area contributed by atoms with Crippen molar-refractivity contribution < 1.29 is 35.9 Å². The van der Waals surface area contributed by atoms with Gasteiger partial charge < -0.3 is 10.2 Å². The standard InChI is InChI=1S/C25H24F6N2O2/c1-14(2)11-23(12-20(34)33(13-23)21-15(3)6-5-7-16(21)4)22(35)32-19-9-17(24(26,27)28)8-18(10-19)25(29,30)31/h5-10H,1,11-13H2,2-4H3,(H,32,35). The molecule has 2 amide bonds. The minimum absolute atomic E-state index is 0.0128. The van der Waals surface area contributed by atoms with Crippen LogP contribution >= 0.6 is 0 Å². The van der Waals surface area contributed by atoms with Crippen molar-refractivity contribution in [2.24, 2.45) is 5.41 Å². The Balaban J connectivity index is 2.02. The molecule has 0 aliphatic carbocycles. The van der Waals surface area contributed by atoms with E-state index in [0.29, 0.717) is 23.4 Å². The molecule has 1 aliphatic rings. The lowest BCUT2D eigenvalue weighted by Gasteiger charge is -2.29. The number of carbonyl (C=O) groups excluding carboxylic acids is 2. The average Bonchev–Trinajstić information content (AvgIpc) is 3.02. The number of anilines is 2. The van der Waals surface area contributed by atoms with Gasteiger partial charge in [0.15, 0.2) is 0 Å². The summed E-state index contributed by atoms with van der Waals surface area (Å²) < 4.78 is 79.5. The molecule has 0 aromatic heterocycles. The summed E-state index contributed by atoms with van der Waals surface area (Å²) >= 11 is 0. The average molecular weight is 498 g/mol. The van der Waals surface area contributed by atoms with E-state index in [0.717, 1.165) is 11.1 Å². The molecule has 1 heterocycles. The second-order valence-electron chi connectivity index (χ2n) is 9.06. The summed E-state index contributed by atoms with van der Waals surface area (Å²) in [4.78, 5) is 27.9. The van der Waals surface area contributed by atoms with Crippen LogP contribution in [0.3, 0.4) is 0 Å². The molecule has 1 fully saturated rings. The summed E-state index contributed by atoms with van der Waals surface area (Å²) in [5.74, 6) is -1.23. The van der Waals surface area contributed by atoms with Crippen LogP contribution in [0.2, 0.25) is 0 Å². The highest BCUT2D eigenvalue weighted by atomic mass is 19.4. The van der Waals surface area contributed by atoms with Gasteiger partial charge in [-0.15, -0.1) is 6.58 Å². The highest BCUT2D eigenvalue weighted by molar-refractivity contribution is 6.06. The smallest absolute Gasteiger partial charge is 0.325 e. The highest BCUT2D eigenvalue weighted by Gasteiger charge is 2.50. The summed E-state index contributed by atoms with van der Waals surface area (Å²) in [5.41, 5.74) is -2.44. The van der Waals surface area contributed by atoms with E-state index in [1.54, 1.807) is 32.9 Å². The summed E-state index contributed by atoms with van der Waals surface area (Å²) in [7, 11) is 0. The molecule has 188 valence electrons. The number of amides is 2. The number of alkyl halides is 6. The van der Waals surface area contributed by atoms with E-state index in [9.17, 15) is 35.9 Å². The van der Waals surface area contributed by atoms with Gasteiger partial charge in [-0.25, -0.2) is 0 Å². The third-order valence-electron chi connectivity index (χ3n) is 5.93. The maximum absolute atomic E-state index is 13.4. The van der Waals surface area contributed by atoms with Gasteiger partial charge in [0, 0.05) is 24.3 Å². The maximum atomic E-state index is 13.4. The predicted molar refractivity (Wildman–Crippen MR) is 120 cm³/mol. The van der Waals surface area contributed by atoms with Crippen molar-refractivity contribution in [3.63, 3.8) is 0 Å². The lowest BCUT2D eigenvalue weighted by atomic mass is 9.80. The van der Waals surface area contributed by atoms with Crippen molar-refractivity contribution in [2.45, 2.75) is 46.0 Å². The first-order chi connectivity index (χ1) is 16.0. The van der Waals surface area contributed by atoms with E-state index in [2.05, 4.69) is 11.9 Å². The molecule has 1 saturated heterocycles. The van der Waals surface area contributed by atoms with Crippen LogP contribution in [0.5, 0.6) is 0 Å². The fourth-order valence-corrected chi connectivity index (χ4v) is 4.49. The zero-order chi connectivity index (χ0) is 26.3. The number of allylic oxidation sites excluding steroid dienone is 1. The predicted octanol–water partition coefficient (Wildman–Crippen LogP) is 6.67. The van der Waals surface area contributed by atoms with Crippen LogP contribution < -0.4 is 10.2 Å². The van der Waals surface area contributed by atoms with Crippen LogP contribution in [0.4, 0.5) is 37.7 Å². The zero-order valence-corrected chi connectivity index (χ0v) is 19.3. The van der Waals surface area contributed by atoms with E-state index in [4.69, 9.17) is 0 Å². The minimum atomic E-state index is -5.06. The van der Waals surface area contributed by atoms with Gasteiger partial charge in [0.1, 0.15) is 0 Å². The third-order valence-corrected chi connectivity index (χ3v) is 5.93. The van der Waals surface area contributed by atoms with Crippen molar-refractivity contribution in [1.82, 2.24) is 0 Å². The second-order valence-corrected chi connectivity index (χ2v) is 9.06. The molecular weight excluding hydrogens is 474 g/mol. The fraction of sp³-hybridized carbons (Fsp3) is 0.360. The number of nitrogens with one attached hydrogen (secondary N) is 1. The molecule has 1 N–H and O–H groups in total. The molecule has 4 nitrogen and oxygen atoms in total. The van der Waals surface area contributed by atoms with E-state index < -0.39 is 40.5 Å². The fourth-order valence-electron chi connectivity index (χ4n) is 4.49. The summed E-state index contributed by atoms with van der Waals surface area (Å²) in [5, 5.41) is 2.22. The largest absolute Gasteiger partial charge is 0.416 e. The Bertz CT molecular complexity index is 1130. The molecule has 0 bridgehead atoms. The van der Waals surface area contributed by atoms with Gasteiger partial charge in [-0.05, 0) is 56.5 Å². The van der Waals surface area contributed by atoms with Gasteiger partial charge in [-0.2, -0.15) is 26.3 Å².